The van der Waals surface area contributed by atoms with E-state index in [-0.39, 0.29) is 11.9 Å². The highest BCUT2D eigenvalue weighted by atomic mass is 32.1. The van der Waals surface area contributed by atoms with Gasteiger partial charge in [0.15, 0.2) is 0 Å². The van der Waals surface area contributed by atoms with Crippen LogP contribution in [0, 0.1) is 27.7 Å². The lowest BCUT2D eigenvalue weighted by atomic mass is 10.3. The number of carbonyl (C=O) groups is 1. The Hall–Kier alpha value is -1.69. The van der Waals surface area contributed by atoms with Crippen LogP contribution in [-0.4, -0.2) is 26.7 Å². The number of amides is 1. The third-order valence-corrected chi connectivity index (χ3v) is 3.93. The predicted molar refractivity (Wildman–Crippen MR) is 80.2 cm³/mol. The molecule has 2 aromatic rings. The molecule has 0 saturated heterocycles. The first-order valence-electron chi connectivity index (χ1n) is 6.62. The summed E-state index contributed by atoms with van der Waals surface area (Å²) in [4.78, 5) is 17.4. The molecular formula is C14H20N4OS. The fraction of sp³-hybridized carbons (Fsp3) is 0.500. The van der Waals surface area contributed by atoms with Gasteiger partial charge in [0.25, 0.3) is 5.91 Å². The second-order valence-electron chi connectivity index (χ2n) is 5.12. The molecule has 2 aromatic heterocycles. The topological polar surface area (TPSA) is 59.8 Å². The van der Waals surface area contributed by atoms with Crippen molar-refractivity contribution in [1.29, 1.82) is 0 Å². The standard InChI is InChI=1S/C14H20N4OS/c1-8-6-10(3)18(17-8)7-9(2)15-14(19)13-11(4)20-12(5)16-13/h6,9H,7H2,1-5H3,(H,15,19)/t9-/m1/s1. The first-order valence-corrected chi connectivity index (χ1v) is 7.44. The molecule has 20 heavy (non-hydrogen) atoms. The van der Waals surface area contributed by atoms with E-state index in [1.54, 1.807) is 11.3 Å². The lowest BCUT2D eigenvalue weighted by molar-refractivity contribution is 0.0930. The summed E-state index contributed by atoms with van der Waals surface area (Å²) < 4.78 is 1.92. The van der Waals surface area contributed by atoms with E-state index in [4.69, 9.17) is 0 Å². The molecule has 2 heterocycles. The number of hydrogen-bond acceptors (Lipinski definition) is 4. The van der Waals surface area contributed by atoms with E-state index in [0.717, 1.165) is 21.3 Å². The van der Waals surface area contributed by atoms with Crippen molar-refractivity contribution in [3.8, 4) is 0 Å². The van der Waals surface area contributed by atoms with Crippen molar-refractivity contribution in [2.75, 3.05) is 0 Å². The molecule has 0 spiro atoms. The van der Waals surface area contributed by atoms with Crippen LogP contribution in [0.1, 0.15) is 38.7 Å². The van der Waals surface area contributed by atoms with Gasteiger partial charge >= 0.3 is 0 Å². The number of aryl methyl sites for hydroxylation is 4. The normalized spacial score (nSPS) is 12.4. The maximum absolute atomic E-state index is 12.2. The largest absolute Gasteiger partial charge is 0.346 e. The molecule has 0 radical (unpaired) electrons. The summed E-state index contributed by atoms with van der Waals surface area (Å²) in [5.74, 6) is -0.110. The summed E-state index contributed by atoms with van der Waals surface area (Å²) in [6, 6.07) is 2.03. The highest BCUT2D eigenvalue weighted by Gasteiger charge is 2.16. The van der Waals surface area contributed by atoms with E-state index in [1.165, 1.54) is 0 Å². The highest BCUT2D eigenvalue weighted by Crippen LogP contribution is 2.16. The molecule has 0 aliphatic rings. The molecule has 0 bridgehead atoms. The summed E-state index contributed by atoms with van der Waals surface area (Å²) in [6.07, 6.45) is 0. The number of nitrogens with zero attached hydrogens (tertiary/aromatic N) is 3. The van der Waals surface area contributed by atoms with Gasteiger partial charge in [-0.1, -0.05) is 0 Å². The van der Waals surface area contributed by atoms with Crippen molar-refractivity contribution in [3.63, 3.8) is 0 Å². The van der Waals surface area contributed by atoms with Crippen molar-refractivity contribution in [1.82, 2.24) is 20.1 Å². The van der Waals surface area contributed by atoms with Crippen LogP contribution in [-0.2, 0) is 6.54 Å². The summed E-state index contributed by atoms with van der Waals surface area (Å²) in [5, 5.41) is 8.30. The summed E-state index contributed by atoms with van der Waals surface area (Å²) in [7, 11) is 0. The van der Waals surface area contributed by atoms with Crippen LogP contribution in [0.25, 0.3) is 0 Å². The smallest absolute Gasteiger partial charge is 0.271 e. The van der Waals surface area contributed by atoms with Gasteiger partial charge < -0.3 is 5.32 Å². The molecule has 0 aromatic carbocycles. The zero-order valence-electron chi connectivity index (χ0n) is 12.5. The number of thiazole rings is 1. The molecule has 108 valence electrons. The fourth-order valence-corrected chi connectivity index (χ4v) is 3.01. The van der Waals surface area contributed by atoms with Gasteiger partial charge in [-0.3, -0.25) is 9.48 Å². The van der Waals surface area contributed by atoms with Crippen LogP contribution in [0.15, 0.2) is 6.07 Å². The fourth-order valence-electron chi connectivity index (χ4n) is 2.20. The molecule has 1 atom stereocenters. The Kier molecular flexibility index (Phi) is 4.23. The van der Waals surface area contributed by atoms with Crippen molar-refractivity contribution >= 4 is 17.2 Å². The Balaban J connectivity index is 2.01. The molecule has 6 heteroatoms. The van der Waals surface area contributed by atoms with E-state index in [1.807, 2.05) is 45.4 Å². The SMILES string of the molecule is Cc1cc(C)n(C[C@@H](C)NC(=O)c2nc(C)sc2C)n1. The average molecular weight is 292 g/mol. The van der Waals surface area contributed by atoms with Gasteiger partial charge in [0.05, 0.1) is 17.2 Å². The minimum absolute atomic E-state index is 0.00176. The zero-order chi connectivity index (χ0) is 14.9. The van der Waals surface area contributed by atoms with Gasteiger partial charge in [0, 0.05) is 16.6 Å². The molecule has 1 N–H and O–H groups in total. The quantitative estimate of drug-likeness (QED) is 0.941. The molecule has 5 nitrogen and oxygen atoms in total. The summed E-state index contributed by atoms with van der Waals surface area (Å²) in [5.41, 5.74) is 2.63. The number of aromatic nitrogens is 3. The van der Waals surface area contributed by atoms with Crippen molar-refractivity contribution in [2.24, 2.45) is 0 Å². The Labute approximate surface area is 123 Å². The van der Waals surface area contributed by atoms with Crippen LogP contribution < -0.4 is 5.32 Å². The van der Waals surface area contributed by atoms with Crippen LogP contribution in [0.5, 0.6) is 0 Å². The van der Waals surface area contributed by atoms with E-state index in [2.05, 4.69) is 15.4 Å². The Morgan fingerprint density at radius 1 is 1.40 bits per heavy atom. The lowest BCUT2D eigenvalue weighted by Crippen LogP contribution is -2.36. The number of carbonyl (C=O) groups excluding carboxylic acids is 1. The highest BCUT2D eigenvalue weighted by molar-refractivity contribution is 7.11. The molecule has 0 aliphatic heterocycles. The van der Waals surface area contributed by atoms with Gasteiger partial charge in [0.1, 0.15) is 5.69 Å². The summed E-state index contributed by atoms with van der Waals surface area (Å²) in [6.45, 7) is 10.5. The number of rotatable bonds is 4. The van der Waals surface area contributed by atoms with Gasteiger partial charge in [-0.05, 0) is 40.7 Å². The van der Waals surface area contributed by atoms with Gasteiger partial charge in [0.2, 0.25) is 0 Å². The van der Waals surface area contributed by atoms with Crippen LogP contribution in [0.4, 0.5) is 0 Å². The van der Waals surface area contributed by atoms with Gasteiger partial charge in [-0.25, -0.2) is 4.98 Å². The Bertz CT molecular complexity index is 629. The van der Waals surface area contributed by atoms with Gasteiger partial charge in [-0.2, -0.15) is 5.10 Å². The van der Waals surface area contributed by atoms with Crippen molar-refractivity contribution < 1.29 is 4.79 Å². The second kappa shape index (κ2) is 5.75. The third kappa shape index (κ3) is 3.25. The number of hydrogen-bond donors (Lipinski definition) is 1. The molecule has 0 fully saturated rings. The van der Waals surface area contributed by atoms with Crippen LogP contribution >= 0.6 is 11.3 Å². The first kappa shape index (κ1) is 14.7. The molecular weight excluding hydrogens is 272 g/mol. The maximum atomic E-state index is 12.2. The molecule has 1 amide bonds. The minimum atomic E-state index is -0.110. The molecule has 2 rings (SSSR count). The first-order chi connectivity index (χ1) is 9.36. The van der Waals surface area contributed by atoms with Gasteiger partial charge in [-0.15, -0.1) is 11.3 Å². The second-order valence-corrected chi connectivity index (χ2v) is 6.53. The maximum Gasteiger partial charge on any atom is 0.271 e. The van der Waals surface area contributed by atoms with Crippen molar-refractivity contribution in [2.45, 2.75) is 47.2 Å². The van der Waals surface area contributed by atoms with E-state index in [9.17, 15) is 4.79 Å². The summed E-state index contributed by atoms with van der Waals surface area (Å²) >= 11 is 1.54. The Morgan fingerprint density at radius 2 is 2.10 bits per heavy atom. The molecule has 0 unspecified atom stereocenters. The van der Waals surface area contributed by atoms with E-state index >= 15 is 0 Å². The Morgan fingerprint density at radius 3 is 2.60 bits per heavy atom. The van der Waals surface area contributed by atoms with E-state index < -0.39 is 0 Å². The molecule has 0 saturated carbocycles. The van der Waals surface area contributed by atoms with E-state index in [0.29, 0.717) is 12.2 Å². The van der Waals surface area contributed by atoms with Crippen LogP contribution in [0.2, 0.25) is 0 Å². The van der Waals surface area contributed by atoms with Crippen molar-refractivity contribution in [3.05, 3.63) is 33.0 Å². The third-order valence-electron chi connectivity index (χ3n) is 3.05. The predicted octanol–water partition coefficient (Wildman–Crippen LogP) is 2.39. The molecule has 0 aliphatic carbocycles. The number of nitrogens with one attached hydrogen (secondary N) is 1. The van der Waals surface area contributed by atoms with Crippen LogP contribution in [0.3, 0.4) is 0 Å². The lowest BCUT2D eigenvalue weighted by Gasteiger charge is -2.14. The monoisotopic (exact) mass is 292 g/mol. The minimum Gasteiger partial charge on any atom is -0.346 e. The zero-order valence-corrected chi connectivity index (χ0v) is 13.3. The average Bonchev–Trinajstić information content (AvgIpc) is 2.81.